The van der Waals surface area contributed by atoms with Crippen LogP contribution in [0, 0.1) is 0 Å². The van der Waals surface area contributed by atoms with E-state index in [0.29, 0.717) is 16.6 Å². The number of halogens is 2. The van der Waals surface area contributed by atoms with Crippen molar-refractivity contribution in [1.29, 1.82) is 0 Å². The van der Waals surface area contributed by atoms with Crippen molar-refractivity contribution in [2.24, 2.45) is 0 Å². The normalized spacial score (nSPS) is 18.5. The van der Waals surface area contributed by atoms with E-state index in [0.717, 1.165) is 18.4 Å². The molecule has 0 bridgehead atoms. The second-order valence-corrected chi connectivity index (χ2v) is 5.50. The van der Waals surface area contributed by atoms with Crippen LogP contribution in [0.1, 0.15) is 31.2 Å². The zero-order valence-corrected chi connectivity index (χ0v) is 11.2. The summed E-state index contributed by atoms with van der Waals surface area (Å²) >= 11 is 12.1. The molecule has 94 valence electrons. The third kappa shape index (κ3) is 2.94. The van der Waals surface area contributed by atoms with E-state index in [9.17, 15) is 5.11 Å². The van der Waals surface area contributed by atoms with Crippen molar-refractivity contribution in [1.82, 2.24) is 5.32 Å². The van der Waals surface area contributed by atoms with Gasteiger partial charge in [0.1, 0.15) is 0 Å². The Morgan fingerprint density at radius 3 is 2.59 bits per heavy atom. The van der Waals surface area contributed by atoms with Gasteiger partial charge in [-0.1, -0.05) is 48.2 Å². The Hall–Kier alpha value is -0.280. The molecule has 2 nitrogen and oxygen atoms in total. The Bertz CT molecular complexity index is 389. The molecule has 1 aliphatic carbocycles. The molecule has 1 aliphatic rings. The van der Waals surface area contributed by atoms with E-state index in [2.05, 4.69) is 5.32 Å². The highest BCUT2D eigenvalue weighted by Gasteiger charge is 2.32. The molecule has 1 aromatic carbocycles. The highest BCUT2D eigenvalue weighted by atomic mass is 35.5. The number of hydrogen-bond acceptors (Lipinski definition) is 2. The molecule has 0 spiro atoms. The molecule has 0 heterocycles. The lowest BCUT2D eigenvalue weighted by Gasteiger charge is -2.28. The molecule has 0 radical (unpaired) electrons. The van der Waals surface area contributed by atoms with E-state index >= 15 is 0 Å². The van der Waals surface area contributed by atoms with Gasteiger partial charge in [-0.25, -0.2) is 0 Å². The topological polar surface area (TPSA) is 32.3 Å². The number of rotatable bonds is 4. The smallest absolute Gasteiger partial charge is 0.0637 e. The van der Waals surface area contributed by atoms with Crippen LogP contribution in [0.3, 0.4) is 0 Å². The Morgan fingerprint density at radius 1 is 1.24 bits per heavy atom. The van der Waals surface area contributed by atoms with Gasteiger partial charge in [0.25, 0.3) is 0 Å². The summed E-state index contributed by atoms with van der Waals surface area (Å²) in [6, 6.07) is 5.64. The molecule has 0 aromatic heterocycles. The maximum atomic E-state index is 9.50. The molecule has 1 saturated carbocycles. The summed E-state index contributed by atoms with van der Waals surface area (Å²) in [5.74, 6) is 0. The van der Waals surface area contributed by atoms with E-state index in [1.807, 2.05) is 12.1 Å². The van der Waals surface area contributed by atoms with Crippen LogP contribution >= 0.6 is 23.2 Å². The first-order valence-corrected chi connectivity index (χ1v) is 6.71. The zero-order chi connectivity index (χ0) is 12.3. The lowest BCUT2D eigenvalue weighted by molar-refractivity contribution is 0.163. The Kier molecular flexibility index (Phi) is 4.31. The fraction of sp³-hybridized carbons (Fsp3) is 0.538. The van der Waals surface area contributed by atoms with Gasteiger partial charge in [0.15, 0.2) is 0 Å². The molecule has 1 aromatic rings. The summed E-state index contributed by atoms with van der Waals surface area (Å²) in [4.78, 5) is 0. The minimum absolute atomic E-state index is 0.119. The number of aliphatic hydroxyl groups excluding tert-OH is 1. The van der Waals surface area contributed by atoms with Crippen LogP contribution in [0.25, 0.3) is 0 Å². The third-order valence-electron chi connectivity index (χ3n) is 3.55. The summed E-state index contributed by atoms with van der Waals surface area (Å²) in [5.41, 5.74) is 0.866. The maximum Gasteiger partial charge on any atom is 0.0637 e. The van der Waals surface area contributed by atoms with Gasteiger partial charge in [0.05, 0.1) is 16.7 Å². The zero-order valence-electron chi connectivity index (χ0n) is 9.68. The predicted octanol–water partition coefficient (Wildman–Crippen LogP) is 3.39. The molecule has 0 saturated heterocycles. The van der Waals surface area contributed by atoms with Crippen LogP contribution in [-0.4, -0.2) is 17.3 Å². The summed E-state index contributed by atoms with van der Waals surface area (Å²) in [6.45, 7) is 0.838. The maximum absolute atomic E-state index is 9.50. The molecule has 0 aliphatic heterocycles. The second kappa shape index (κ2) is 5.57. The van der Waals surface area contributed by atoms with Gasteiger partial charge in [-0.15, -0.1) is 0 Å². The van der Waals surface area contributed by atoms with Crippen molar-refractivity contribution in [3.05, 3.63) is 33.8 Å². The molecule has 4 heteroatoms. The largest absolute Gasteiger partial charge is 0.394 e. The SMILES string of the molecule is OCC1(NCc2cccc(Cl)c2Cl)CCCC1. The van der Waals surface area contributed by atoms with Crippen LogP contribution < -0.4 is 5.32 Å². The van der Waals surface area contributed by atoms with E-state index in [-0.39, 0.29) is 12.1 Å². The fourth-order valence-corrected chi connectivity index (χ4v) is 2.80. The van der Waals surface area contributed by atoms with Crippen LogP contribution in [-0.2, 0) is 6.54 Å². The molecular formula is C13H17Cl2NO. The van der Waals surface area contributed by atoms with Crippen molar-refractivity contribution < 1.29 is 5.11 Å². The Labute approximate surface area is 112 Å². The highest BCUT2D eigenvalue weighted by Crippen LogP contribution is 2.31. The number of benzene rings is 1. The first kappa shape index (κ1) is 13.2. The van der Waals surface area contributed by atoms with E-state index in [1.54, 1.807) is 6.07 Å². The third-order valence-corrected chi connectivity index (χ3v) is 4.41. The van der Waals surface area contributed by atoms with Gasteiger partial charge < -0.3 is 10.4 Å². The monoisotopic (exact) mass is 273 g/mol. The van der Waals surface area contributed by atoms with E-state index in [4.69, 9.17) is 23.2 Å². The number of hydrogen-bond donors (Lipinski definition) is 2. The van der Waals surface area contributed by atoms with Gasteiger partial charge in [-0.2, -0.15) is 0 Å². The average Bonchev–Trinajstić information content (AvgIpc) is 2.81. The predicted molar refractivity (Wildman–Crippen MR) is 71.6 cm³/mol. The summed E-state index contributed by atoms with van der Waals surface area (Å²) < 4.78 is 0. The lowest BCUT2D eigenvalue weighted by atomic mass is 9.98. The van der Waals surface area contributed by atoms with E-state index in [1.165, 1.54) is 12.8 Å². The van der Waals surface area contributed by atoms with Crippen molar-refractivity contribution in [3.8, 4) is 0 Å². The molecular weight excluding hydrogens is 257 g/mol. The van der Waals surface area contributed by atoms with Crippen molar-refractivity contribution >= 4 is 23.2 Å². The molecule has 0 amide bonds. The first-order valence-electron chi connectivity index (χ1n) is 5.96. The van der Waals surface area contributed by atoms with Gasteiger partial charge in [-0.3, -0.25) is 0 Å². The van der Waals surface area contributed by atoms with Crippen LogP contribution in [0.2, 0.25) is 10.0 Å². The number of aliphatic hydroxyl groups is 1. The Balaban J connectivity index is 2.04. The molecule has 2 rings (SSSR count). The fourth-order valence-electron chi connectivity index (χ4n) is 2.41. The standard InChI is InChI=1S/C13H17Cl2NO/c14-11-5-3-4-10(12(11)15)8-16-13(9-17)6-1-2-7-13/h3-5,16-17H,1-2,6-9H2. The van der Waals surface area contributed by atoms with Crippen molar-refractivity contribution in [2.45, 2.75) is 37.8 Å². The lowest BCUT2D eigenvalue weighted by Crippen LogP contribution is -2.45. The van der Waals surface area contributed by atoms with Gasteiger partial charge in [0, 0.05) is 12.1 Å². The summed E-state index contributed by atoms with van der Waals surface area (Å²) in [7, 11) is 0. The Morgan fingerprint density at radius 2 is 1.94 bits per heavy atom. The second-order valence-electron chi connectivity index (χ2n) is 4.71. The minimum atomic E-state index is -0.119. The van der Waals surface area contributed by atoms with E-state index < -0.39 is 0 Å². The molecule has 0 unspecified atom stereocenters. The molecule has 2 N–H and O–H groups in total. The van der Waals surface area contributed by atoms with Gasteiger partial charge in [-0.05, 0) is 24.5 Å². The molecule has 17 heavy (non-hydrogen) atoms. The quantitative estimate of drug-likeness (QED) is 0.882. The highest BCUT2D eigenvalue weighted by molar-refractivity contribution is 6.42. The summed E-state index contributed by atoms with van der Waals surface area (Å²) in [5, 5.41) is 14.1. The van der Waals surface area contributed by atoms with Crippen LogP contribution in [0.4, 0.5) is 0 Å². The van der Waals surface area contributed by atoms with Crippen LogP contribution in [0.5, 0.6) is 0 Å². The molecule has 1 fully saturated rings. The average molecular weight is 274 g/mol. The number of nitrogens with one attached hydrogen (secondary N) is 1. The van der Waals surface area contributed by atoms with Crippen molar-refractivity contribution in [3.63, 3.8) is 0 Å². The molecule has 0 atom stereocenters. The first-order chi connectivity index (χ1) is 8.17. The summed E-state index contributed by atoms with van der Waals surface area (Å²) in [6.07, 6.45) is 4.41. The van der Waals surface area contributed by atoms with Gasteiger partial charge in [0.2, 0.25) is 0 Å². The minimum Gasteiger partial charge on any atom is -0.394 e. The van der Waals surface area contributed by atoms with Crippen molar-refractivity contribution in [2.75, 3.05) is 6.61 Å². The van der Waals surface area contributed by atoms with Gasteiger partial charge >= 0.3 is 0 Å². The van der Waals surface area contributed by atoms with Crippen LogP contribution in [0.15, 0.2) is 18.2 Å².